The maximum absolute atomic E-state index is 12.3. The summed E-state index contributed by atoms with van der Waals surface area (Å²) in [5.41, 5.74) is 10.2. The summed E-state index contributed by atoms with van der Waals surface area (Å²) in [6.07, 6.45) is -3.01. The maximum Gasteiger partial charge on any atom is 0.301 e. The zero-order chi connectivity index (χ0) is 13.4. The minimum Gasteiger partial charge on any atom is -0.370 e. The molecular weight excluding hydrogens is 239 g/mol. The van der Waals surface area contributed by atoms with Gasteiger partial charge < -0.3 is 16.8 Å². The van der Waals surface area contributed by atoms with Gasteiger partial charge in [0.1, 0.15) is 0 Å². The predicted octanol–water partition coefficient (Wildman–Crippen LogP) is 0.163. The van der Waals surface area contributed by atoms with Gasteiger partial charge in [-0.05, 0) is 6.42 Å². The Balaban J connectivity index is 3.86. The lowest BCUT2D eigenvalue weighted by molar-refractivity contribution is -0.122. The minimum absolute atomic E-state index is 0.0525. The van der Waals surface area contributed by atoms with E-state index in [0.29, 0.717) is 0 Å². The molecule has 0 rings (SSSR count). The molecule has 0 heterocycles. The van der Waals surface area contributed by atoms with Crippen LogP contribution in [0.15, 0.2) is 11.9 Å². The molecule has 0 aliphatic rings. The summed E-state index contributed by atoms with van der Waals surface area (Å²) in [5.74, 6) is -2.81. The highest BCUT2D eigenvalue weighted by atomic mass is 19.3. The zero-order valence-electron chi connectivity index (χ0n) is 9.01. The molecule has 98 valence electrons. The Kier molecular flexibility index (Phi) is 6.95. The fourth-order valence-corrected chi connectivity index (χ4v) is 0.950. The van der Waals surface area contributed by atoms with E-state index in [-0.39, 0.29) is 19.4 Å². The first-order chi connectivity index (χ1) is 7.84. The minimum atomic E-state index is -2.41. The third-order valence-corrected chi connectivity index (χ3v) is 1.89. The number of carbonyl (C=O) groups excluding carboxylic acids is 2. The van der Waals surface area contributed by atoms with Gasteiger partial charge in [-0.2, -0.15) is 8.78 Å². The lowest BCUT2D eigenvalue weighted by Crippen LogP contribution is -2.41. The zero-order valence-corrected chi connectivity index (χ0v) is 9.01. The van der Waals surface area contributed by atoms with Crippen LogP contribution in [-0.4, -0.2) is 24.4 Å². The standard InChI is InChI=1S/C9H14F3N3O2/c10-5(8(11)12)3-4-15-9(17)6(13)1-2-7(14)16/h6H,1-4,13H2,(H2,14,16)(H,15,17). The first kappa shape index (κ1) is 15.4. The van der Waals surface area contributed by atoms with Crippen LogP contribution in [0.25, 0.3) is 0 Å². The van der Waals surface area contributed by atoms with Gasteiger partial charge in [-0.25, -0.2) is 4.39 Å². The molecule has 0 saturated heterocycles. The van der Waals surface area contributed by atoms with Crippen LogP contribution in [-0.2, 0) is 9.59 Å². The van der Waals surface area contributed by atoms with E-state index in [1.54, 1.807) is 0 Å². The van der Waals surface area contributed by atoms with E-state index in [0.717, 1.165) is 0 Å². The van der Waals surface area contributed by atoms with Crippen LogP contribution in [0.4, 0.5) is 13.2 Å². The highest BCUT2D eigenvalue weighted by Gasteiger charge is 2.14. The van der Waals surface area contributed by atoms with Crippen LogP contribution < -0.4 is 16.8 Å². The number of halogens is 3. The molecular formula is C9H14F3N3O2. The number of amides is 2. The number of rotatable bonds is 7. The first-order valence-electron chi connectivity index (χ1n) is 4.85. The van der Waals surface area contributed by atoms with Crippen molar-refractivity contribution in [3.05, 3.63) is 11.9 Å². The van der Waals surface area contributed by atoms with Gasteiger partial charge in [-0.15, -0.1) is 0 Å². The number of hydrogen-bond acceptors (Lipinski definition) is 3. The van der Waals surface area contributed by atoms with Crippen LogP contribution in [0.1, 0.15) is 19.3 Å². The molecule has 8 heteroatoms. The monoisotopic (exact) mass is 253 g/mol. The molecule has 0 saturated carbocycles. The van der Waals surface area contributed by atoms with Gasteiger partial charge in [0, 0.05) is 19.4 Å². The second-order valence-corrected chi connectivity index (χ2v) is 3.32. The fourth-order valence-electron chi connectivity index (χ4n) is 0.950. The van der Waals surface area contributed by atoms with E-state index < -0.39 is 36.2 Å². The molecule has 0 fully saturated rings. The SMILES string of the molecule is NC(=O)CCC(N)C(=O)NCCC(F)=C(F)F. The number of carbonyl (C=O) groups is 2. The van der Waals surface area contributed by atoms with Gasteiger partial charge in [0.05, 0.1) is 6.04 Å². The molecule has 5 nitrogen and oxygen atoms in total. The summed E-state index contributed by atoms with van der Waals surface area (Å²) in [4.78, 5) is 21.6. The molecule has 5 N–H and O–H groups in total. The number of primary amides is 1. The average molecular weight is 253 g/mol. The van der Waals surface area contributed by atoms with E-state index in [1.165, 1.54) is 0 Å². The Morgan fingerprint density at radius 1 is 1.18 bits per heavy atom. The number of nitrogens with one attached hydrogen (secondary N) is 1. The van der Waals surface area contributed by atoms with Crippen molar-refractivity contribution in [2.24, 2.45) is 11.5 Å². The third kappa shape index (κ3) is 7.34. The molecule has 0 radical (unpaired) electrons. The van der Waals surface area contributed by atoms with E-state index in [1.807, 2.05) is 0 Å². The Labute approximate surface area is 96.0 Å². The van der Waals surface area contributed by atoms with Crippen molar-refractivity contribution in [1.29, 1.82) is 0 Å². The van der Waals surface area contributed by atoms with Gasteiger partial charge in [0.25, 0.3) is 0 Å². The highest BCUT2D eigenvalue weighted by Crippen LogP contribution is 2.11. The van der Waals surface area contributed by atoms with Crippen molar-refractivity contribution in [3.8, 4) is 0 Å². The van der Waals surface area contributed by atoms with Crippen molar-refractivity contribution >= 4 is 11.8 Å². The largest absolute Gasteiger partial charge is 0.370 e. The summed E-state index contributed by atoms with van der Waals surface area (Å²) < 4.78 is 35.6. The van der Waals surface area contributed by atoms with Crippen molar-refractivity contribution in [2.45, 2.75) is 25.3 Å². The van der Waals surface area contributed by atoms with E-state index in [9.17, 15) is 22.8 Å². The molecule has 0 aromatic heterocycles. The molecule has 0 spiro atoms. The van der Waals surface area contributed by atoms with Gasteiger partial charge in [0.2, 0.25) is 11.8 Å². The van der Waals surface area contributed by atoms with Crippen molar-refractivity contribution in [3.63, 3.8) is 0 Å². The number of hydrogen-bond donors (Lipinski definition) is 3. The van der Waals surface area contributed by atoms with Crippen LogP contribution in [0.5, 0.6) is 0 Å². The van der Waals surface area contributed by atoms with Gasteiger partial charge in [0.15, 0.2) is 5.83 Å². The van der Waals surface area contributed by atoms with Crippen LogP contribution >= 0.6 is 0 Å². The topological polar surface area (TPSA) is 98.2 Å². The second kappa shape index (κ2) is 7.66. The Hall–Kier alpha value is -1.57. The number of nitrogens with two attached hydrogens (primary N) is 2. The second-order valence-electron chi connectivity index (χ2n) is 3.32. The summed E-state index contributed by atoms with van der Waals surface area (Å²) in [6.45, 7) is -0.285. The van der Waals surface area contributed by atoms with Crippen LogP contribution in [0, 0.1) is 0 Å². The van der Waals surface area contributed by atoms with Crippen LogP contribution in [0.2, 0.25) is 0 Å². The molecule has 17 heavy (non-hydrogen) atoms. The van der Waals surface area contributed by atoms with Crippen molar-refractivity contribution < 1.29 is 22.8 Å². The highest BCUT2D eigenvalue weighted by molar-refractivity contribution is 5.82. The normalized spacial score (nSPS) is 11.8. The molecule has 1 atom stereocenters. The maximum atomic E-state index is 12.3. The summed E-state index contributed by atoms with van der Waals surface area (Å²) >= 11 is 0. The van der Waals surface area contributed by atoms with E-state index in [2.05, 4.69) is 5.32 Å². The first-order valence-corrected chi connectivity index (χ1v) is 4.85. The van der Waals surface area contributed by atoms with Crippen molar-refractivity contribution in [2.75, 3.05) is 6.54 Å². The molecule has 0 bridgehead atoms. The van der Waals surface area contributed by atoms with E-state index in [4.69, 9.17) is 11.5 Å². The average Bonchev–Trinajstić information content (AvgIpc) is 2.25. The fraction of sp³-hybridized carbons (Fsp3) is 0.556. The molecule has 0 aromatic rings. The molecule has 1 unspecified atom stereocenters. The Morgan fingerprint density at radius 3 is 2.24 bits per heavy atom. The summed E-state index contributed by atoms with van der Waals surface area (Å²) in [6, 6.07) is -0.968. The Bertz CT molecular complexity index is 317. The molecule has 0 aliphatic heterocycles. The molecule has 2 amide bonds. The summed E-state index contributed by atoms with van der Waals surface area (Å²) in [5, 5.41) is 2.17. The van der Waals surface area contributed by atoms with Crippen molar-refractivity contribution in [1.82, 2.24) is 5.32 Å². The molecule has 0 aliphatic carbocycles. The lowest BCUT2D eigenvalue weighted by Gasteiger charge is -2.10. The van der Waals surface area contributed by atoms with E-state index >= 15 is 0 Å². The van der Waals surface area contributed by atoms with Gasteiger partial charge in [-0.1, -0.05) is 0 Å². The predicted molar refractivity (Wildman–Crippen MR) is 54.4 cm³/mol. The quantitative estimate of drug-likeness (QED) is 0.602. The van der Waals surface area contributed by atoms with Crippen LogP contribution in [0.3, 0.4) is 0 Å². The van der Waals surface area contributed by atoms with Gasteiger partial charge in [-0.3, -0.25) is 9.59 Å². The lowest BCUT2D eigenvalue weighted by atomic mass is 10.1. The third-order valence-electron chi connectivity index (χ3n) is 1.89. The smallest absolute Gasteiger partial charge is 0.301 e. The molecule has 0 aromatic carbocycles. The van der Waals surface area contributed by atoms with Gasteiger partial charge >= 0.3 is 6.08 Å². The summed E-state index contributed by atoms with van der Waals surface area (Å²) in [7, 11) is 0. The Morgan fingerprint density at radius 2 is 1.76 bits per heavy atom.